The van der Waals surface area contributed by atoms with E-state index in [4.69, 9.17) is 0 Å². The molecule has 2 N–H and O–H groups in total. The number of nitrogens with zero attached hydrogens (tertiary/aromatic N) is 1. The van der Waals surface area contributed by atoms with E-state index < -0.39 is 0 Å². The van der Waals surface area contributed by atoms with Gasteiger partial charge in [-0.05, 0) is 44.3 Å². The third-order valence-electron chi connectivity index (χ3n) is 5.14. The number of hydrogen-bond donors (Lipinski definition) is 2. The second-order valence-corrected chi connectivity index (χ2v) is 6.88. The van der Waals surface area contributed by atoms with Crippen LogP contribution in [0, 0.1) is 0 Å². The van der Waals surface area contributed by atoms with Crippen molar-refractivity contribution >= 4 is 6.03 Å². The van der Waals surface area contributed by atoms with Crippen LogP contribution in [0.3, 0.4) is 0 Å². The monoisotopic (exact) mass is 315 g/mol. The van der Waals surface area contributed by atoms with Gasteiger partial charge in [-0.2, -0.15) is 0 Å². The number of urea groups is 1. The van der Waals surface area contributed by atoms with E-state index in [2.05, 4.69) is 39.8 Å². The first kappa shape index (κ1) is 16.3. The molecule has 0 spiro atoms. The predicted octanol–water partition coefficient (Wildman–Crippen LogP) is 3.28. The van der Waals surface area contributed by atoms with E-state index in [1.165, 1.54) is 24.8 Å². The molecule has 0 radical (unpaired) electrons. The quantitative estimate of drug-likeness (QED) is 0.895. The van der Waals surface area contributed by atoms with Gasteiger partial charge in [-0.1, -0.05) is 49.6 Å². The van der Waals surface area contributed by atoms with Crippen molar-refractivity contribution in [3.05, 3.63) is 35.9 Å². The molecule has 1 aromatic rings. The Morgan fingerprint density at radius 1 is 1.04 bits per heavy atom. The van der Waals surface area contributed by atoms with Gasteiger partial charge in [0, 0.05) is 18.6 Å². The molecule has 126 valence electrons. The standard InChI is InChI=1S/C19H29N3O/c23-19(21-17-9-5-2-6-10-17)22(18-11-13-20-14-12-18)15-16-7-3-1-4-8-16/h1,3-4,7-8,17-18,20H,2,5-6,9-15H2,(H,21,23). The molecule has 0 aromatic heterocycles. The van der Waals surface area contributed by atoms with Crippen LogP contribution in [-0.2, 0) is 6.54 Å². The Morgan fingerprint density at radius 2 is 1.74 bits per heavy atom. The second kappa shape index (κ2) is 8.34. The lowest BCUT2D eigenvalue weighted by Gasteiger charge is -2.36. The van der Waals surface area contributed by atoms with Crippen LogP contribution in [0.15, 0.2) is 30.3 Å². The minimum absolute atomic E-state index is 0.132. The molecule has 1 aliphatic heterocycles. The molecular formula is C19H29N3O. The zero-order valence-corrected chi connectivity index (χ0v) is 14.0. The van der Waals surface area contributed by atoms with E-state index in [-0.39, 0.29) is 6.03 Å². The van der Waals surface area contributed by atoms with E-state index >= 15 is 0 Å². The molecule has 1 heterocycles. The van der Waals surface area contributed by atoms with Crippen molar-refractivity contribution in [2.45, 2.75) is 63.6 Å². The number of carbonyl (C=O) groups is 1. The number of nitrogens with one attached hydrogen (secondary N) is 2. The molecule has 1 aliphatic carbocycles. The van der Waals surface area contributed by atoms with Crippen LogP contribution in [-0.4, -0.2) is 36.1 Å². The average molecular weight is 315 g/mol. The summed E-state index contributed by atoms with van der Waals surface area (Å²) in [4.78, 5) is 15.0. The van der Waals surface area contributed by atoms with Gasteiger partial charge in [-0.15, -0.1) is 0 Å². The van der Waals surface area contributed by atoms with Crippen LogP contribution in [0.5, 0.6) is 0 Å². The van der Waals surface area contributed by atoms with E-state index in [1.807, 2.05) is 6.07 Å². The van der Waals surface area contributed by atoms with Crippen molar-refractivity contribution in [3.8, 4) is 0 Å². The van der Waals surface area contributed by atoms with Gasteiger partial charge in [-0.25, -0.2) is 4.79 Å². The van der Waals surface area contributed by atoms with E-state index in [0.29, 0.717) is 18.6 Å². The molecule has 3 rings (SSSR count). The van der Waals surface area contributed by atoms with Crippen LogP contribution in [0.25, 0.3) is 0 Å². The lowest BCUT2D eigenvalue weighted by atomic mass is 9.95. The normalized spacial score (nSPS) is 20.2. The minimum Gasteiger partial charge on any atom is -0.335 e. The molecule has 1 aromatic carbocycles. The first-order chi connectivity index (χ1) is 11.3. The Morgan fingerprint density at radius 3 is 2.43 bits per heavy atom. The van der Waals surface area contributed by atoms with Crippen molar-refractivity contribution in [2.24, 2.45) is 0 Å². The predicted molar refractivity (Wildman–Crippen MR) is 93.3 cm³/mol. The van der Waals surface area contributed by atoms with Crippen molar-refractivity contribution in [1.82, 2.24) is 15.5 Å². The molecule has 0 unspecified atom stereocenters. The Hall–Kier alpha value is -1.55. The fourth-order valence-electron chi connectivity index (χ4n) is 3.77. The van der Waals surface area contributed by atoms with Crippen LogP contribution < -0.4 is 10.6 Å². The van der Waals surface area contributed by atoms with Crippen molar-refractivity contribution in [1.29, 1.82) is 0 Å². The van der Waals surface area contributed by atoms with Gasteiger partial charge in [0.25, 0.3) is 0 Å². The minimum atomic E-state index is 0.132. The first-order valence-corrected chi connectivity index (χ1v) is 9.15. The molecule has 2 aliphatic rings. The Kier molecular flexibility index (Phi) is 5.92. The number of amides is 2. The highest BCUT2D eigenvalue weighted by atomic mass is 16.2. The Bertz CT molecular complexity index is 479. The second-order valence-electron chi connectivity index (χ2n) is 6.88. The Labute approximate surface area is 139 Å². The van der Waals surface area contributed by atoms with Crippen molar-refractivity contribution in [3.63, 3.8) is 0 Å². The maximum absolute atomic E-state index is 12.9. The summed E-state index contributed by atoms with van der Waals surface area (Å²) < 4.78 is 0. The molecular weight excluding hydrogens is 286 g/mol. The highest BCUT2D eigenvalue weighted by molar-refractivity contribution is 5.75. The van der Waals surface area contributed by atoms with Gasteiger partial charge in [0.15, 0.2) is 0 Å². The van der Waals surface area contributed by atoms with E-state index in [9.17, 15) is 4.79 Å². The molecule has 2 fully saturated rings. The molecule has 0 bridgehead atoms. The van der Waals surface area contributed by atoms with Gasteiger partial charge in [0.05, 0.1) is 0 Å². The maximum Gasteiger partial charge on any atom is 0.318 e. The molecule has 1 saturated heterocycles. The number of rotatable bonds is 4. The van der Waals surface area contributed by atoms with E-state index in [0.717, 1.165) is 38.8 Å². The summed E-state index contributed by atoms with van der Waals surface area (Å²) in [6.45, 7) is 2.73. The van der Waals surface area contributed by atoms with Gasteiger partial charge in [-0.3, -0.25) is 0 Å². The molecule has 23 heavy (non-hydrogen) atoms. The molecule has 1 saturated carbocycles. The molecule has 0 atom stereocenters. The highest BCUT2D eigenvalue weighted by Crippen LogP contribution is 2.20. The van der Waals surface area contributed by atoms with Gasteiger partial charge < -0.3 is 15.5 Å². The number of carbonyl (C=O) groups excluding carboxylic acids is 1. The fourth-order valence-corrected chi connectivity index (χ4v) is 3.77. The topological polar surface area (TPSA) is 44.4 Å². The Balaban J connectivity index is 1.66. The number of benzene rings is 1. The van der Waals surface area contributed by atoms with Crippen LogP contribution in [0.2, 0.25) is 0 Å². The summed E-state index contributed by atoms with van der Waals surface area (Å²) in [7, 11) is 0. The third-order valence-corrected chi connectivity index (χ3v) is 5.14. The van der Waals surface area contributed by atoms with Crippen LogP contribution in [0.1, 0.15) is 50.5 Å². The third kappa shape index (κ3) is 4.71. The van der Waals surface area contributed by atoms with Crippen molar-refractivity contribution < 1.29 is 4.79 Å². The molecule has 2 amide bonds. The van der Waals surface area contributed by atoms with Crippen molar-refractivity contribution in [2.75, 3.05) is 13.1 Å². The highest BCUT2D eigenvalue weighted by Gasteiger charge is 2.27. The first-order valence-electron chi connectivity index (χ1n) is 9.15. The molecule has 4 nitrogen and oxygen atoms in total. The molecule has 4 heteroatoms. The average Bonchev–Trinajstić information content (AvgIpc) is 2.62. The lowest BCUT2D eigenvalue weighted by Crippen LogP contribution is -2.51. The maximum atomic E-state index is 12.9. The summed E-state index contributed by atoms with van der Waals surface area (Å²) in [5.41, 5.74) is 1.21. The largest absolute Gasteiger partial charge is 0.335 e. The fraction of sp³-hybridized carbons (Fsp3) is 0.632. The zero-order valence-electron chi connectivity index (χ0n) is 14.0. The zero-order chi connectivity index (χ0) is 15.9. The summed E-state index contributed by atoms with van der Waals surface area (Å²) in [5.74, 6) is 0. The number of piperidine rings is 1. The lowest BCUT2D eigenvalue weighted by molar-refractivity contribution is 0.148. The van der Waals surface area contributed by atoms with Gasteiger partial charge in [0.1, 0.15) is 0 Å². The van der Waals surface area contributed by atoms with Crippen LogP contribution in [0.4, 0.5) is 4.79 Å². The summed E-state index contributed by atoms with van der Waals surface area (Å²) in [5, 5.41) is 6.70. The van der Waals surface area contributed by atoms with Gasteiger partial charge >= 0.3 is 6.03 Å². The SMILES string of the molecule is O=C(NC1CCCCC1)N(Cc1ccccc1)C1CCNCC1. The van der Waals surface area contributed by atoms with Gasteiger partial charge in [0.2, 0.25) is 0 Å². The summed E-state index contributed by atoms with van der Waals surface area (Å²) >= 11 is 0. The smallest absolute Gasteiger partial charge is 0.318 e. The van der Waals surface area contributed by atoms with E-state index in [1.54, 1.807) is 0 Å². The summed E-state index contributed by atoms with van der Waals surface area (Å²) in [6.07, 6.45) is 8.17. The summed E-state index contributed by atoms with van der Waals surface area (Å²) in [6, 6.07) is 11.2. The number of hydrogen-bond acceptors (Lipinski definition) is 2. The van der Waals surface area contributed by atoms with Crippen LogP contribution >= 0.6 is 0 Å².